The first-order valence-electron chi connectivity index (χ1n) is 7.92. The van der Waals surface area contributed by atoms with Gasteiger partial charge >= 0.3 is 6.03 Å². The van der Waals surface area contributed by atoms with Crippen LogP contribution in [-0.2, 0) is 4.74 Å². The Kier molecular flexibility index (Phi) is 6.67. The lowest BCUT2D eigenvalue weighted by atomic mass is 10.1. The Morgan fingerprint density at radius 2 is 2.09 bits per heavy atom. The minimum atomic E-state index is 0.0476. The molecule has 6 heteroatoms. The maximum absolute atomic E-state index is 12.2. The van der Waals surface area contributed by atoms with Gasteiger partial charge in [-0.15, -0.1) is 0 Å². The van der Waals surface area contributed by atoms with Crippen molar-refractivity contribution in [1.82, 2.24) is 15.1 Å². The molecule has 2 atom stereocenters. The van der Waals surface area contributed by atoms with E-state index < -0.39 is 0 Å². The maximum atomic E-state index is 12.2. The van der Waals surface area contributed by atoms with Crippen molar-refractivity contribution in [2.24, 2.45) is 0 Å². The molecule has 0 spiro atoms. The van der Waals surface area contributed by atoms with E-state index in [1.54, 1.807) is 18.4 Å². The molecular weight excluding hydrogens is 298 g/mol. The number of nitrogens with zero attached hydrogens (tertiary/aromatic N) is 2. The molecule has 1 aliphatic rings. The predicted octanol–water partition coefficient (Wildman–Crippen LogP) is 2.56. The summed E-state index contributed by atoms with van der Waals surface area (Å²) in [4.78, 5) is 16.6. The van der Waals surface area contributed by atoms with E-state index in [2.05, 4.69) is 34.0 Å². The lowest BCUT2D eigenvalue weighted by molar-refractivity contribution is 0.111. The lowest BCUT2D eigenvalue weighted by Crippen LogP contribution is -2.53. The van der Waals surface area contributed by atoms with Crippen LogP contribution in [0.15, 0.2) is 16.8 Å². The molecule has 22 heavy (non-hydrogen) atoms. The average molecular weight is 325 g/mol. The topological polar surface area (TPSA) is 44.8 Å². The third-order valence-corrected chi connectivity index (χ3v) is 5.00. The Labute approximate surface area is 137 Å². The van der Waals surface area contributed by atoms with E-state index in [9.17, 15) is 4.79 Å². The van der Waals surface area contributed by atoms with Crippen molar-refractivity contribution in [2.45, 2.75) is 32.4 Å². The first kappa shape index (κ1) is 17.2. The quantitative estimate of drug-likeness (QED) is 0.874. The SMILES string of the molecule is COCC[C@H](C)NC(=O)N1CCN([C@@H](C)c2ccsc2)CC1. The van der Waals surface area contributed by atoms with Gasteiger partial charge in [0.05, 0.1) is 0 Å². The molecule has 2 heterocycles. The lowest BCUT2D eigenvalue weighted by Gasteiger charge is -2.38. The van der Waals surface area contributed by atoms with Gasteiger partial charge in [-0.25, -0.2) is 4.79 Å². The highest BCUT2D eigenvalue weighted by atomic mass is 32.1. The van der Waals surface area contributed by atoms with Gasteiger partial charge in [-0.05, 0) is 42.7 Å². The summed E-state index contributed by atoms with van der Waals surface area (Å²) < 4.78 is 5.04. The van der Waals surface area contributed by atoms with Crippen molar-refractivity contribution in [3.8, 4) is 0 Å². The fourth-order valence-electron chi connectivity index (χ4n) is 2.70. The number of hydrogen-bond donors (Lipinski definition) is 1. The highest BCUT2D eigenvalue weighted by molar-refractivity contribution is 7.07. The third-order valence-electron chi connectivity index (χ3n) is 4.30. The zero-order valence-electron chi connectivity index (χ0n) is 13.7. The number of urea groups is 1. The summed E-state index contributed by atoms with van der Waals surface area (Å²) in [5, 5.41) is 7.38. The fraction of sp³-hybridized carbons (Fsp3) is 0.688. The second kappa shape index (κ2) is 8.50. The molecule has 1 aromatic heterocycles. The summed E-state index contributed by atoms with van der Waals surface area (Å²) in [6.07, 6.45) is 0.845. The zero-order chi connectivity index (χ0) is 15.9. The van der Waals surface area contributed by atoms with Gasteiger partial charge in [-0.3, -0.25) is 4.90 Å². The second-order valence-corrected chi connectivity index (χ2v) is 6.67. The molecule has 2 rings (SSSR count). The van der Waals surface area contributed by atoms with E-state index in [1.807, 2.05) is 11.8 Å². The van der Waals surface area contributed by atoms with Crippen LogP contribution in [0.25, 0.3) is 0 Å². The van der Waals surface area contributed by atoms with Gasteiger partial charge in [-0.1, -0.05) is 0 Å². The number of thiophene rings is 1. The number of hydrogen-bond acceptors (Lipinski definition) is 4. The highest BCUT2D eigenvalue weighted by Gasteiger charge is 2.25. The molecule has 1 fully saturated rings. The van der Waals surface area contributed by atoms with Crippen molar-refractivity contribution >= 4 is 17.4 Å². The Bertz CT molecular complexity index is 444. The minimum absolute atomic E-state index is 0.0476. The van der Waals surface area contributed by atoms with E-state index in [4.69, 9.17) is 4.74 Å². The van der Waals surface area contributed by atoms with Gasteiger partial charge in [0.2, 0.25) is 0 Å². The normalized spacial score (nSPS) is 19.0. The number of methoxy groups -OCH3 is 1. The molecule has 0 saturated carbocycles. The van der Waals surface area contributed by atoms with E-state index in [-0.39, 0.29) is 12.1 Å². The highest BCUT2D eigenvalue weighted by Crippen LogP contribution is 2.23. The van der Waals surface area contributed by atoms with Gasteiger partial charge in [-0.2, -0.15) is 11.3 Å². The van der Waals surface area contributed by atoms with E-state index in [1.165, 1.54) is 5.56 Å². The molecule has 1 N–H and O–H groups in total. The van der Waals surface area contributed by atoms with Crippen LogP contribution in [0.5, 0.6) is 0 Å². The molecule has 0 bridgehead atoms. The number of carbonyl (C=O) groups is 1. The van der Waals surface area contributed by atoms with Crippen LogP contribution < -0.4 is 5.32 Å². The van der Waals surface area contributed by atoms with Crippen LogP contribution in [-0.4, -0.2) is 61.8 Å². The Morgan fingerprint density at radius 1 is 1.36 bits per heavy atom. The molecule has 1 aromatic rings. The van der Waals surface area contributed by atoms with E-state index in [0.29, 0.717) is 12.6 Å². The summed E-state index contributed by atoms with van der Waals surface area (Å²) in [5.74, 6) is 0. The zero-order valence-corrected chi connectivity index (χ0v) is 14.6. The molecule has 0 aliphatic carbocycles. The molecule has 1 saturated heterocycles. The number of carbonyl (C=O) groups excluding carboxylic acids is 1. The maximum Gasteiger partial charge on any atom is 0.317 e. The smallest absolute Gasteiger partial charge is 0.317 e. The predicted molar refractivity (Wildman–Crippen MR) is 90.4 cm³/mol. The van der Waals surface area contributed by atoms with E-state index >= 15 is 0 Å². The molecule has 0 unspecified atom stereocenters. The first-order valence-corrected chi connectivity index (χ1v) is 8.86. The van der Waals surface area contributed by atoms with Gasteiger partial charge in [0.1, 0.15) is 0 Å². The van der Waals surface area contributed by atoms with Crippen molar-refractivity contribution in [3.63, 3.8) is 0 Å². The molecule has 0 radical (unpaired) electrons. The van der Waals surface area contributed by atoms with Crippen molar-refractivity contribution in [1.29, 1.82) is 0 Å². The Hall–Kier alpha value is -1.11. The average Bonchev–Trinajstić information content (AvgIpc) is 3.06. The summed E-state index contributed by atoms with van der Waals surface area (Å²) >= 11 is 1.74. The van der Waals surface area contributed by atoms with Gasteiger partial charge < -0.3 is 15.0 Å². The van der Waals surface area contributed by atoms with Crippen LogP contribution in [0.4, 0.5) is 4.79 Å². The van der Waals surface area contributed by atoms with Crippen molar-refractivity contribution in [3.05, 3.63) is 22.4 Å². The van der Waals surface area contributed by atoms with Gasteiger partial charge in [0.25, 0.3) is 0 Å². The van der Waals surface area contributed by atoms with Crippen LogP contribution in [0.3, 0.4) is 0 Å². The standard InChI is InChI=1S/C16H27N3O2S/c1-13(4-10-21-3)17-16(20)19-8-6-18(7-9-19)14(2)15-5-11-22-12-15/h5,11-14H,4,6-10H2,1-3H3,(H,17,20)/t13-,14-/m0/s1. The molecule has 124 valence electrons. The second-order valence-electron chi connectivity index (χ2n) is 5.89. The largest absolute Gasteiger partial charge is 0.385 e. The van der Waals surface area contributed by atoms with E-state index in [0.717, 1.165) is 32.6 Å². The van der Waals surface area contributed by atoms with Gasteiger partial charge in [0, 0.05) is 52.0 Å². The summed E-state index contributed by atoms with van der Waals surface area (Å²) in [6, 6.07) is 2.81. The number of rotatable bonds is 6. The molecular formula is C16H27N3O2S. The summed E-state index contributed by atoms with van der Waals surface area (Å²) in [7, 11) is 1.68. The number of nitrogens with one attached hydrogen (secondary N) is 1. The Morgan fingerprint density at radius 3 is 2.68 bits per heavy atom. The summed E-state index contributed by atoms with van der Waals surface area (Å²) in [6.45, 7) is 8.37. The monoisotopic (exact) mass is 325 g/mol. The van der Waals surface area contributed by atoms with Crippen molar-refractivity contribution in [2.75, 3.05) is 39.9 Å². The summed E-state index contributed by atoms with van der Waals surface area (Å²) in [5.41, 5.74) is 1.37. The molecule has 1 aliphatic heterocycles. The number of piperazine rings is 1. The van der Waals surface area contributed by atoms with Crippen LogP contribution in [0.1, 0.15) is 31.9 Å². The van der Waals surface area contributed by atoms with Crippen LogP contribution in [0, 0.1) is 0 Å². The number of amides is 2. The Balaban J connectivity index is 1.75. The van der Waals surface area contributed by atoms with Crippen LogP contribution in [0.2, 0.25) is 0 Å². The first-order chi connectivity index (χ1) is 10.6. The van der Waals surface area contributed by atoms with Crippen LogP contribution >= 0.6 is 11.3 Å². The molecule has 5 nitrogen and oxygen atoms in total. The fourth-order valence-corrected chi connectivity index (χ4v) is 3.45. The third kappa shape index (κ3) is 4.69. The minimum Gasteiger partial charge on any atom is -0.385 e. The number of ether oxygens (including phenoxy) is 1. The van der Waals surface area contributed by atoms with Crippen molar-refractivity contribution < 1.29 is 9.53 Å². The molecule has 0 aromatic carbocycles. The van der Waals surface area contributed by atoms with Gasteiger partial charge in [0.15, 0.2) is 0 Å². The molecule has 2 amide bonds.